The molecule has 0 unspecified atom stereocenters. The summed E-state index contributed by atoms with van der Waals surface area (Å²) in [5, 5.41) is 5.05. The van der Waals surface area contributed by atoms with Crippen molar-refractivity contribution in [2.24, 2.45) is 0 Å². The van der Waals surface area contributed by atoms with E-state index in [9.17, 15) is 0 Å². The Hall–Kier alpha value is -7.68. The van der Waals surface area contributed by atoms with E-state index in [1.807, 2.05) is 0 Å². The van der Waals surface area contributed by atoms with Crippen molar-refractivity contribution in [1.29, 1.82) is 0 Å². The second-order valence-electron chi connectivity index (χ2n) is 17.0. The van der Waals surface area contributed by atoms with E-state index in [2.05, 4.69) is 241 Å². The van der Waals surface area contributed by atoms with Gasteiger partial charge in [0.2, 0.25) is 0 Å². The third kappa shape index (κ3) is 5.56. The van der Waals surface area contributed by atoms with Gasteiger partial charge in [-0.3, -0.25) is 0 Å². The lowest BCUT2D eigenvalue weighted by molar-refractivity contribution is 0.660. The van der Waals surface area contributed by atoms with E-state index in [4.69, 9.17) is 0 Å². The summed E-state index contributed by atoms with van der Waals surface area (Å²) in [6.07, 6.45) is 2.39. The van der Waals surface area contributed by atoms with Gasteiger partial charge in [-0.15, -0.1) is 0 Å². The van der Waals surface area contributed by atoms with Crippen molar-refractivity contribution < 1.29 is 0 Å². The van der Waals surface area contributed by atoms with Gasteiger partial charge in [-0.1, -0.05) is 159 Å². The molecule has 2 aromatic heterocycles. The van der Waals surface area contributed by atoms with Crippen LogP contribution in [0.4, 0.5) is 0 Å². The molecule has 12 rings (SSSR count). The molecule has 11 aromatic rings. The Labute approximate surface area is 355 Å². The van der Waals surface area contributed by atoms with Crippen LogP contribution in [0.1, 0.15) is 41.7 Å². The number of para-hydroxylation sites is 4. The molecule has 0 spiro atoms. The third-order valence-electron chi connectivity index (χ3n) is 13.1. The van der Waals surface area contributed by atoms with E-state index in [-0.39, 0.29) is 5.41 Å². The van der Waals surface area contributed by atoms with E-state index in [0.29, 0.717) is 0 Å². The summed E-state index contributed by atoms with van der Waals surface area (Å²) in [4.78, 5) is 0. The zero-order chi connectivity index (χ0) is 40.7. The SMILES string of the molecule is CC1(C)c2cc(/C=C(\c3ccccc3)c3ccc4c(c3)c3ccccc3n4-c3ccccc3)ccc2-c2ccc(-c3ccc4c(c3)c3ccccc3n4-c3ccccc3)cc21. The van der Waals surface area contributed by atoms with Crippen molar-refractivity contribution >= 4 is 55.3 Å². The maximum atomic E-state index is 2.44. The highest BCUT2D eigenvalue weighted by Gasteiger charge is 2.36. The minimum absolute atomic E-state index is 0.178. The summed E-state index contributed by atoms with van der Waals surface area (Å²) < 4.78 is 4.77. The first kappa shape index (κ1) is 35.3. The smallest absolute Gasteiger partial charge is 0.0541 e. The van der Waals surface area contributed by atoms with Crippen molar-refractivity contribution in [3.8, 4) is 33.6 Å². The molecule has 2 heterocycles. The first-order valence-electron chi connectivity index (χ1n) is 21.3. The first-order valence-corrected chi connectivity index (χ1v) is 21.3. The molecule has 2 nitrogen and oxygen atoms in total. The van der Waals surface area contributed by atoms with Crippen LogP contribution < -0.4 is 0 Å². The van der Waals surface area contributed by atoms with Gasteiger partial charge in [-0.05, 0) is 128 Å². The van der Waals surface area contributed by atoms with Crippen molar-refractivity contribution in [3.05, 3.63) is 240 Å². The largest absolute Gasteiger partial charge is 0.309 e. The van der Waals surface area contributed by atoms with Gasteiger partial charge in [0.25, 0.3) is 0 Å². The molecule has 288 valence electrons. The van der Waals surface area contributed by atoms with Gasteiger partial charge in [0.05, 0.1) is 22.1 Å². The molecule has 2 heteroatoms. The van der Waals surface area contributed by atoms with Crippen LogP contribution >= 0.6 is 0 Å². The lowest BCUT2D eigenvalue weighted by Gasteiger charge is -2.22. The normalized spacial score (nSPS) is 13.3. The fourth-order valence-electron chi connectivity index (χ4n) is 10.1. The number of benzene rings is 9. The number of hydrogen-bond donors (Lipinski definition) is 0. The van der Waals surface area contributed by atoms with Crippen LogP contribution in [-0.4, -0.2) is 9.13 Å². The fourth-order valence-corrected chi connectivity index (χ4v) is 10.1. The van der Waals surface area contributed by atoms with Crippen LogP contribution in [0, 0.1) is 0 Å². The van der Waals surface area contributed by atoms with Gasteiger partial charge in [-0.25, -0.2) is 0 Å². The van der Waals surface area contributed by atoms with Crippen molar-refractivity contribution in [3.63, 3.8) is 0 Å². The van der Waals surface area contributed by atoms with Crippen molar-refractivity contribution in [1.82, 2.24) is 9.13 Å². The lowest BCUT2D eigenvalue weighted by atomic mass is 9.81. The summed E-state index contributed by atoms with van der Waals surface area (Å²) in [5.41, 5.74) is 19.7. The molecule has 0 bridgehead atoms. The molecule has 0 atom stereocenters. The van der Waals surface area contributed by atoms with Crippen LogP contribution in [0.25, 0.3) is 88.9 Å². The number of rotatable bonds is 6. The number of fused-ring (bicyclic) bond motifs is 9. The van der Waals surface area contributed by atoms with Crippen molar-refractivity contribution in [2.75, 3.05) is 0 Å². The Balaban J connectivity index is 0.946. The fraction of sp³-hybridized carbons (Fsp3) is 0.0508. The van der Waals surface area contributed by atoms with Gasteiger partial charge in [-0.2, -0.15) is 0 Å². The molecule has 0 amide bonds. The first-order chi connectivity index (χ1) is 30.0. The lowest BCUT2D eigenvalue weighted by Crippen LogP contribution is -2.15. The molecule has 1 aliphatic carbocycles. The molecule has 0 saturated carbocycles. The van der Waals surface area contributed by atoms with Crippen molar-refractivity contribution in [2.45, 2.75) is 19.3 Å². The Kier molecular flexibility index (Phi) is 7.92. The summed E-state index contributed by atoms with van der Waals surface area (Å²) in [6.45, 7) is 4.78. The molecule has 61 heavy (non-hydrogen) atoms. The molecule has 9 aromatic carbocycles. The van der Waals surface area contributed by atoms with E-state index < -0.39 is 0 Å². The van der Waals surface area contributed by atoms with Gasteiger partial charge in [0.1, 0.15) is 0 Å². The molecule has 0 N–H and O–H groups in total. The molecule has 1 aliphatic rings. The van der Waals surface area contributed by atoms with Gasteiger partial charge < -0.3 is 9.13 Å². The summed E-state index contributed by atoms with van der Waals surface area (Å²) in [6, 6.07) is 77.9. The van der Waals surface area contributed by atoms with Gasteiger partial charge in [0.15, 0.2) is 0 Å². The standard InChI is InChI=1S/C59H42N2/c1-59(2)53-35-39(34-50(40-16-6-3-7-17-40)43-29-33-58-52(37-43)49-23-13-15-25-56(49)61(58)45-20-10-5-11-21-45)26-30-46(53)47-31-27-42(38-54(47)59)41-28-32-57-51(36-41)48-22-12-14-24-55(48)60(57)44-18-8-4-9-19-44/h3-38H,1-2H3/b50-34+. The second kappa shape index (κ2) is 13.7. The van der Waals surface area contributed by atoms with Crippen LogP contribution in [0.2, 0.25) is 0 Å². The summed E-state index contributed by atoms with van der Waals surface area (Å²) in [5.74, 6) is 0. The second-order valence-corrected chi connectivity index (χ2v) is 17.0. The Morgan fingerprint density at radius 2 is 0.852 bits per heavy atom. The highest BCUT2D eigenvalue weighted by atomic mass is 15.0. The average molecular weight is 779 g/mol. The predicted octanol–water partition coefficient (Wildman–Crippen LogP) is 15.4. The van der Waals surface area contributed by atoms with Crippen LogP contribution in [0.3, 0.4) is 0 Å². The van der Waals surface area contributed by atoms with E-state index in [0.717, 1.165) is 0 Å². The average Bonchev–Trinajstić information content (AvgIpc) is 3.91. The Morgan fingerprint density at radius 1 is 0.377 bits per heavy atom. The maximum Gasteiger partial charge on any atom is 0.0541 e. The molecule has 0 radical (unpaired) electrons. The van der Waals surface area contributed by atoms with E-state index in [1.165, 1.54) is 111 Å². The minimum Gasteiger partial charge on any atom is -0.309 e. The minimum atomic E-state index is -0.178. The molecule has 0 saturated heterocycles. The predicted molar refractivity (Wildman–Crippen MR) is 258 cm³/mol. The molecule has 0 fully saturated rings. The monoisotopic (exact) mass is 778 g/mol. The molecule has 0 aliphatic heterocycles. The zero-order valence-electron chi connectivity index (χ0n) is 34.2. The highest BCUT2D eigenvalue weighted by Crippen LogP contribution is 2.50. The Bertz CT molecular complexity index is 3530. The molecular formula is C59H42N2. The Morgan fingerprint density at radius 3 is 1.49 bits per heavy atom. The summed E-state index contributed by atoms with van der Waals surface area (Å²) in [7, 11) is 0. The van der Waals surface area contributed by atoms with Crippen LogP contribution in [0.15, 0.2) is 212 Å². The van der Waals surface area contributed by atoms with Crippen LogP contribution in [0.5, 0.6) is 0 Å². The van der Waals surface area contributed by atoms with E-state index >= 15 is 0 Å². The molecular weight excluding hydrogens is 737 g/mol. The van der Waals surface area contributed by atoms with Gasteiger partial charge in [0, 0.05) is 38.3 Å². The number of hydrogen-bond acceptors (Lipinski definition) is 0. The zero-order valence-corrected chi connectivity index (χ0v) is 34.2. The highest BCUT2D eigenvalue weighted by molar-refractivity contribution is 6.12. The third-order valence-corrected chi connectivity index (χ3v) is 13.1. The van der Waals surface area contributed by atoms with E-state index in [1.54, 1.807) is 0 Å². The topological polar surface area (TPSA) is 9.86 Å². The quantitative estimate of drug-likeness (QED) is 0.149. The van der Waals surface area contributed by atoms with Gasteiger partial charge >= 0.3 is 0 Å². The summed E-state index contributed by atoms with van der Waals surface area (Å²) >= 11 is 0. The van der Waals surface area contributed by atoms with Crippen LogP contribution in [-0.2, 0) is 5.41 Å². The number of nitrogens with zero attached hydrogens (tertiary/aromatic N) is 2. The number of aromatic nitrogens is 2. The maximum absolute atomic E-state index is 2.44.